The molecule has 0 saturated heterocycles. The molecule has 0 aromatic carbocycles. The Balaban J connectivity index is 0. The molecule has 0 radical (unpaired) electrons. The van der Waals surface area contributed by atoms with Crippen molar-refractivity contribution < 1.29 is 21.1 Å². The normalized spacial score (nSPS) is 4.50. The van der Waals surface area contributed by atoms with Crippen molar-refractivity contribution in [3.8, 4) is 0 Å². The van der Waals surface area contributed by atoms with Crippen molar-refractivity contribution in [2.45, 2.75) is 0 Å². The van der Waals surface area contributed by atoms with Crippen LogP contribution >= 0.6 is 22.2 Å². The second-order valence-electron chi connectivity index (χ2n) is 0.101. The van der Waals surface area contributed by atoms with Gasteiger partial charge in [-0.2, -0.15) is 22.2 Å². The molecule has 0 unspecified atom stereocenters. The first-order valence-electron chi connectivity index (χ1n) is 0.535. The first-order valence-corrected chi connectivity index (χ1v) is 4.81. The predicted octanol–water partition coefficient (Wildman–Crippen LogP) is 0.460. The van der Waals surface area contributed by atoms with Crippen molar-refractivity contribution in [2.75, 3.05) is 0 Å². The maximum atomic E-state index is 4.90. The Morgan fingerprint density at radius 1 is 1.25 bits per heavy atom. The summed E-state index contributed by atoms with van der Waals surface area (Å²) in [5, 5.41) is 0. The Labute approximate surface area is 51.4 Å². The van der Waals surface area contributed by atoms with E-state index in [-0.39, 0.29) is 21.1 Å². The molecule has 0 bridgehead atoms. The van der Waals surface area contributed by atoms with E-state index in [1.165, 1.54) is 0 Å². The molecule has 0 aromatic heterocycles. The summed E-state index contributed by atoms with van der Waals surface area (Å²) >= 11 is 9.81. The van der Waals surface area contributed by atoms with Gasteiger partial charge in [-0.15, -0.1) is 0 Å². The minimum absolute atomic E-state index is 0. The first kappa shape index (κ1) is 9.08. The van der Waals surface area contributed by atoms with Gasteiger partial charge in [0.2, 0.25) is 8.14 Å². The molecular formula is H2Cl2PtSi. The van der Waals surface area contributed by atoms with Gasteiger partial charge in [0.1, 0.15) is 0 Å². The molecule has 4 heavy (non-hydrogen) atoms. The molecule has 0 nitrogen and oxygen atoms in total. The van der Waals surface area contributed by atoms with Crippen molar-refractivity contribution >= 4 is 30.3 Å². The molecule has 0 amide bonds. The zero-order valence-corrected chi connectivity index (χ0v) is 6.98. The molecule has 4 heteroatoms. The molecule has 0 aliphatic carbocycles. The number of hydrogen-bond acceptors (Lipinski definition) is 0. The van der Waals surface area contributed by atoms with E-state index in [1.807, 2.05) is 0 Å². The van der Waals surface area contributed by atoms with Gasteiger partial charge in [0.15, 0.2) is 0 Å². The monoisotopic (exact) mass is 295 g/mol. The van der Waals surface area contributed by atoms with E-state index in [0.29, 0.717) is 0 Å². The van der Waals surface area contributed by atoms with Crippen molar-refractivity contribution in [1.82, 2.24) is 0 Å². The van der Waals surface area contributed by atoms with E-state index in [9.17, 15) is 0 Å². The second-order valence-corrected chi connectivity index (χ2v) is 2.73. The minimum Gasteiger partial charge on any atom is -0.155 e. The molecule has 0 spiro atoms. The van der Waals surface area contributed by atoms with Gasteiger partial charge in [0.05, 0.1) is 0 Å². The van der Waals surface area contributed by atoms with Crippen LogP contribution in [-0.2, 0) is 21.1 Å². The summed E-state index contributed by atoms with van der Waals surface area (Å²) in [5.74, 6) is 0. The van der Waals surface area contributed by atoms with Crippen molar-refractivity contribution in [3.05, 3.63) is 0 Å². The molecule has 0 saturated carbocycles. The van der Waals surface area contributed by atoms with E-state index in [2.05, 4.69) is 0 Å². The molecule has 0 aliphatic rings. The Hall–Kier alpha value is 1.49. The summed E-state index contributed by atoms with van der Waals surface area (Å²) in [6, 6.07) is 0. The molecule has 0 heterocycles. The van der Waals surface area contributed by atoms with Crippen LogP contribution in [0, 0.1) is 0 Å². The average Bonchev–Trinajstić information content (AvgIpc) is 0.918. The van der Waals surface area contributed by atoms with Crippen LogP contribution in [0.25, 0.3) is 0 Å². The molecule has 30 valence electrons. The van der Waals surface area contributed by atoms with Crippen LogP contribution in [0.3, 0.4) is 0 Å². The Morgan fingerprint density at radius 2 is 1.25 bits per heavy atom. The summed E-state index contributed by atoms with van der Waals surface area (Å²) in [7, 11) is -0.639. The number of rotatable bonds is 0. The third-order valence-electron chi connectivity index (χ3n) is 0. The first-order chi connectivity index (χ1) is 1.41. The van der Waals surface area contributed by atoms with Gasteiger partial charge in [0, 0.05) is 21.1 Å². The summed E-state index contributed by atoms with van der Waals surface area (Å²) in [4.78, 5) is 0. The largest absolute Gasteiger partial charge is 0.222 e. The van der Waals surface area contributed by atoms with Gasteiger partial charge < -0.3 is 0 Å². The van der Waals surface area contributed by atoms with Crippen molar-refractivity contribution in [3.63, 3.8) is 0 Å². The Kier molecular flexibility index (Phi) is 20.0. The molecule has 0 atom stereocenters. The summed E-state index contributed by atoms with van der Waals surface area (Å²) in [6.45, 7) is 0. The second kappa shape index (κ2) is 8.82. The molecular weight excluding hydrogens is 294 g/mol. The van der Waals surface area contributed by atoms with Gasteiger partial charge in [-0.25, -0.2) is 0 Å². The topological polar surface area (TPSA) is 0 Å². The van der Waals surface area contributed by atoms with Crippen LogP contribution in [-0.4, -0.2) is 8.14 Å². The van der Waals surface area contributed by atoms with Crippen LogP contribution in [0.1, 0.15) is 0 Å². The maximum absolute atomic E-state index is 4.90. The summed E-state index contributed by atoms with van der Waals surface area (Å²) in [5.41, 5.74) is 0. The van der Waals surface area contributed by atoms with E-state index in [1.54, 1.807) is 0 Å². The Bertz CT molecular complexity index is 6.00. The summed E-state index contributed by atoms with van der Waals surface area (Å²) in [6.07, 6.45) is 0. The molecule has 0 N–H and O–H groups in total. The summed E-state index contributed by atoms with van der Waals surface area (Å²) < 4.78 is 0. The van der Waals surface area contributed by atoms with Crippen LogP contribution in [0.15, 0.2) is 0 Å². The van der Waals surface area contributed by atoms with Gasteiger partial charge in [-0.1, -0.05) is 0 Å². The average molecular weight is 296 g/mol. The van der Waals surface area contributed by atoms with E-state index in [0.717, 1.165) is 0 Å². The van der Waals surface area contributed by atoms with Crippen molar-refractivity contribution in [2.24, 2.45) is 0 Å². The fourth-order valence-electron chi connectivity index (χ4n) is 0. The van der Waals surface area contributed by atoms with Crippen molar-refractivity contribution in [1.29, 1.82) is 0 Å². The number of hydrogen-bond donors (Lipinski definition) is 0. The molecule has 0 fully saturated rings. The predicted molar refractivity (Wildman–Crippen MR) is 20.2 cm³/mol. The third kappa shape index (κ3) is 9.76. The molecule has 0 rings (SSSR count). The van der Waals surface area contributed by atoms with E-state index in [4.69, 9.17) is 22.2 Å². The van der Waals surface area contributed by atoms with Crippen LogP contribution in [0.4, 0.5) is 0 Å². The quantitative estimate of drug-likeness (QED) is 0.450. The smallest absolute Gasteiger partial charge is 0.155 e. The standard InChI is InChI=1S/Cl2H2Si.Pt/c1-3-2;/h3H2;. The SMILES string of the molecule is Cl[SiH2]Cl.[Pt]. The van der Waals surface area contributed by atoms with Crippen LogP contribution < -0.4 is 0 Å². The van der Waals surface area contributed by atoms with E-state index < -0.39 is 8.14 Å². The maximum Gasteiger partial charge on any atom is 0.222 e. The molecule has 0 aliphatic heterocycles. The third-order valence-corrected chi connectivity index (χ3v) is 0. The fraction of sp³-hybridized carbons (Fsp3) is 0. The molecule has 0 aromatic rings. The zero-order chi connectivity index (χ0) is 2.71. The van der Waals surface area contributed by atoms with Gasteiger partial charge in [-0.3, -0.25) is 0 Å². The van der Waals surface area contributed by atoms with Gasteiger partial charge in [-0.05, 0) is 0 Å². The minimum atomic E-state index is -0.639. The van der Waals surface area contributed by atoms with Gasteiger partial charge >= 0.3 is 0 Å². The van der Waals surface area contributed by atoms with Gasteiger partial charge in [0.25, 0.3) is 0 Å². The van der Waals surface area contributed by atoms with E-state index >= 15 is 0 Å². The fourth-order valence-corrected chi connectivity index (χ4v) is 0. The number of halogens is 2. The van der Waals surface area contributed by atoms with Crippen LogP contribution in [0.5, 0.6) is 0 Å². The zero-order valence-electron chi connectivity index (χ0n) is 1.78. The van der Waals surface area contributed by atoms with Crippen LogP contribution in [0.2, 0.25) is 0 Å². The Morgan fingerprint density at radius 3 is 1.25 bits per heavy atom.